The van der Waals surface area contributed by atoms with Gasteiger partial charge in [-0.3, -0.25) is 4.79 Å². The standard InChI is InChI=1S/C11H8ClNO2/c12-10-4-3-9(7-11(14)15)8(6-10)2-1-5-13/h1-4,6H,7H2,(H,14,15). The van der Waals surface area contributed by atoms with E-state index in [1.165, 1.54) is 6.08 Å². The Labute approximate surface area is 92.2 Å². The van der Waals surface area contributed by atoms with Gasteiger partial charge in [0.2, 0.25) is 0 Å². The zero-order valence-electron chi connectivity index (χ0n) is 7.77. The molecule has 0 atom stereocenters. The summed E-state index contributed by atoms with van der Waals surface area (Å²) in [6.45, 7) is 0. The molecule has 0 spiro atoms. The molecule has 3 nitrogen and oxygen atoms in total. The molecule has 0 bridgehead atoms. The van der Waals surface area contributed by atoms with Crippen molar-refractivity contribution in [3.8, 4) is 6.07 Å². The number of rotatable bonds is 3. The Hall–Kier alpha value is -1.79. The lowest BCUT2D eigenvalue weighted by atomic mass is 10.0. The number of aliphatic carboxylic acids is 1. The van der Waals surface area contributed by atoms with Crippen molar-refractivity contribution < 1.29 is 9.90 Å². The van der Waals surface area contributed by atoms with E-state index in [9.17, 15) is 4.79 Å². The molecule has 15 heavy (non-hydrogen) atoms. The molecule has 1 aromatic rings. The Morgan fingerprint density at radius 1 is 1.60 bits per heavy atom. The number of carboxylic acids is 1. The van der Waals surface area contributed by atoms with Crippen LogP contribution in [0.15, 0.2) is 24.3 Å². The van der Waals surface area contributed by atoms with Crippen LogP contribution in [0.2, 0.25) is 5.02 Å². The van der Waals surface area contributed by atoms with Crippen molar-refractivity contribution in [2.45, 2.75) is 6.42 Å². The highest BCUT2D eigenvalue weighted by Crippen LogP contribution is 2.18. The van der Waals surface area contributed by atoms with Gasteiger partial charge in [0.15, 0.2) is 0 Å². The number of hydrogen-bond donors (Lipinski definition) is 1. The highest BCUT2D eigenvalue weighted by Gasteiger charge is 2.05. The number of allylic oxidation sites excluding steroid dienone is 1. The van der Waals surface area contributed by atoms with E-state index in [0.717, 1.165) is 0 Å². The zero-order chi connectivity index (χ0) is 11.3. The minimum atomic E-state index is -0.913. The van der Waals surface area contributed by atoms with E-state index < -0.39 is 5.97 Å². The summed E-state index contributed by atoms with van der Waals surface area (Å²) in [7, 11) is 0. The minimum absolute atomic E-state index is 0.0811. The van der Waals surface area contributed by atoms with Crippen molar-refractivity contribution >= 4 is 23.6 Å². The number of benzene rings is 1. The van der Waals surface area contributed by atoms with Gasteiger partial charge >= 0.3 is 5.97 Å². The molecule has 0 unspecified atom stereocenters. The molecule has 1 N–H and O–H groups in total. The molecule has 0 aliphatic rings. The second-order valence-electron chi connectivity index (χ2n) is 2.88. The molecule has 0 saturated heterocycles. The van der Waals surface area contributed by atoms with E-state index in [-0.39, 0.29) is 6.42 Å². The SMILES string of the molecule is N#CC=Cc1cc(Cl)ccc1CC(=O)O. The van der Waals surface area contributed by atoms with Crippen LogP contribution in [0.25, 0.3) is 6.08 Å². The molecule has 1 aromatic carbocycles. The van der Waals surface area contributed by atoms with Crippen LogP contribution in [-0.2, 0) is 11.2 Å². The topological polar surface area (TPSA) is 61.1 Å². The average molecular weight is 222 g/mol. The van der Waals surface area contributed by atoms with Gasteiger partial charge in [0.05, 0.1) is 12.5 Å². The first-order valence-electron chi connectivity index (χ1n) is 4.20. The predicted molar refractivity (Wildman–Crippen MR) is 57.4 cm³/mol. The second kappa shape index (κ2) is 5.18. The summed E-state index contributed by atoms with van der Waals surface area (Å²) in [6.07, 6.45) is 2.75. The van der Waals surface area contributed by atoms with Crippen LogP contribution in [0.4, 0.5) is 0 Å². The van der Waals surface area contributed by atoms with Gasteiger partial charge in [-0.05, 0) is 29.3 Å². The Morgan fingerprint density at radius 3 is 2.93 bits per heavy atom. The minimum Gasteiger partial charge on any atom is -0.481 e. The summed E-state index contributed by atoms with van der Waals surface area (Å²) < 4.78 is 0. The van der Waals surface area contributed by atoms with Crippen LogP contribution >= 0.6 is 11.6 Å². The van der Waals surface area contributed by atoms with Gasteiger partial charge in [-0.15, -0.1) is 0 Å². The van der Waals surface area contributed by atoms with Crippen molar-refractivity contribution in [1.82, 2.24) is 0 Å². The van der Waals surface area contributed by atoms with Gasteiger partial charge < -0.3 is 5.11 Å². The van der Waals surface area contributed by atoms with Gasteiger partial charge in [-0.25, -0.2) is 0 Å². The molecule has 0 saturated carbocycles. The molecule has 0 aromatic heterocycles. The van der Waals surface area contributed by atoms with Gasteiger partial charge in [-0.1, -0.05) is 17.7 Å². The Morgan fingerprint density at radius 2 is 2.33 bits per heavy atom. The fraction of sp³-hybridized carbons (Fsp3) is 0.0909. The molecule has 4 heteroatoms. The molecule has 0 radical (unpaired) electrons. The maximum Gasteiger partial charge on any atom is 0.307 e. The van der Waals surface area contributed by atoms with Crippen LogP contribution in [0.3, 0.4) is 0 Å². The van der Waals surface area contributed by atoms with E-state index in [0.29, 0.717) is 16.1 Å². The van der Waals surface area contributed by atoms with E-state index in [2.05, 4.69) is 0 Å². The predicted octanol–water partition coefficient (Wildman–Crippen LogP) is 2.50. The monoisotopic (exact) mass is 221 g/mol. The van der Waals surface area contributed by atoms with Crippen LogP contribution in [0.5, 0.6) is 0 Å². The number of hydrogen-bond acceptors (Lipinski definition) is 2. The maximum atomic E-state index is 10.6. The number of carboxylic acid groups (broad SMARTS) is 1. The first-order valence-corrected chi connectivity index (χ1v) is 4.57. The van der Waals surface area contributed by atoms with Crippen LogP contribution in [0.1, 0.15) is 11.1 Å². The summed E-state index contributed by atoms with van der Waals surface area (Å²) in [5, 5.41) is 17.6. The lowest BCUT2D eigenvalue weighted by molar-refractivity contribution is -0.136. The van der Waals surface area contributed by atoms with Crippen molar-refractivity contribution in [3.05, 3.63) is 40.4 Å². The van der Waals surface area contributed by atoms with E-state index in [4.69, 9.17) is 22.0 Å². The molecule has 0 fully saturated rings. The third-order valence-corrected chi connectivity index (χ3v) is 2.02. The highest BCUT2D eigenvalue weighted by atomic mass is 35.5. The molecule has 76 valence electrons. The lowest BCUT2D eigenvalue weighted by Gasteiger charge is -2.03. The fourth-order valence-electron chi connectivity index (χ4n) is 1.17. The highest BCUT2D eigenvalue weighted by molar-refractivity contribution is 6.30. The van der Waals surface area contributed by atoms with Crippen molar-refractivity contribution in [2.75, 3.05) is 0 Å². The molecule has 0 heterocycles. The average Bonchev–Trinajstić information content (AvgIpc) is 2.18. The summed E-state index contributed by atoms with van der Waals surface area (Å²) in [6, 6.07) is 6.75. The number of nitrogens with zero attached hydrogens (tertiary/aromatic N) is 1. The molecule has 0 aliphatic heterocycles. The number of nitriles is 1. The molecular weight excluding hydrogens is 214 g/mol. The first-order chi connectivity index (χ1) is 7.13. The molecule has 1 rings (SSSR count). The second-order valence-corrected chi connectivity index (χ2v) is 3.31. The normalized spacial score (nSPS) is 10.1. The molecule has 0 amide bonds. The third kappa shape index (κ3) is 3.45. The van der Waals surface area contributed by atoms with Crippen molar-refractivity contribution in [3.63, 3.8) is 0 Å². The van der Waals surface area contributed by atoms with Crippen LogP contribution < -0.4 is 0 Å². The summed E-state index contributed by atoms with van der Waals surface area (Å²) in [5.74, 6) is -0.913. The Balaban J connectivity index is 3.09. The quantitative estimate of drug-likeness (QED) is 0.798. The first kappa shape index (κ1) is 11.3. The van der Waals surface area contributed by atoms with Gasteiger partial charge in [0.25, 0.3) is 0 Å². The van der Waals surface area contributed by atoms with Gasteiger partial charge in [-0.2, -0.15) is 5.26 Å². The van der Waals surface area contributed by atoms with Crippen LogP contribution in [-0.4, -0.2) is 11.1 Å². The van der Waals surface area contributed by atoms with Crippen molar-refractivity contribution in [2.24, 2.45) is 0 Å². The van der Waals surface area contributed by atoms with E-state index in [1.54, 1.807) is 24.3 Å². The third-order valence-electron chi connectivity index (χ3n) is 1.79. The molecular formula is C11H8ClNO2. The van der Waals surface area contributed by atoms with Crippen molar-refractivity contribution in [1.29, 1.82) is 5.26 Å². The Bertz CT molecular complexity index is 446. The van der Waals surface area contributed by atoms with Gasteiger partial charge in [0, 0.05) is 11.1 Å². The van der Waals surface area contributed by atoms with Gasteiger partial charge in [0.1, 0.15) is 0 Å². The lowest BCUT2D eigenvalue weighted by Crippen LogP contribution is -2.01. The Kier molecular flexibility index (Phi) is 3.90. The van der Waals surface area contributed by atoms with E-state index in [1.807, 2.05) is 6.07 Å². The zero-order valence-corrected chi connectivity index (χ0v) is 8.53. The summed E-state index contributed by atoms with van der Waals surface area (Å²) in [5.41, 5.74) is 1.30. The fourth-order valence-corrected chi connectivity index (χ4v) is 1.35. The smallest absolute Gasteiger partial charge is 0.307 e. The van der Waals surface area contributed by atoms with E-state index >= 15 is 0 Å². The summed E-state index contributed by atoms with van der Waals surface area (Å²) in [4.78, 5) is 10.6. The number of halogens is 1. The van der Waals surface area contributed by atoms with Crippen LogP contribution in [0, 0.1) is 11.3 Å². The number of carbonyl (C=O) groups is 1. The maximum absolute atomic E-state index is 10.6. The summed E-state index contributed by atoms with van der Waals surface area (Å²) >= 11 is 5.77. The largest absolute Gasteiger partial charge is 0.481 e. The molecule has 0 aliphatic carbocycles.